The number of amides is 1. The Morgan fingerprint density at radius 3 is 2.75 bits per heavy atom. The molecular formula is C17H16BrFN2O3. The topological polar surface area (TPSA) is 70.9 Å². The number of hydrogen-bond donors (Lipinski definition) is 2. The minimum absolute atomic E-state index is 0.0150. The van der Waals surface area contributed by atoms with Crippen molar-refractivity contribution in [1.29, 1.82) is 0 Å². The lowest BCUT2D eigenvalue weighted by molar-refractivity contribution is -0.120. The van der Waals surface area contributed by atoms with Gasteiger partial charge in [0.1, 0.15) is 5.82 Å². The summed E-state index contributed by atoms with van der Waals surface area (Å²) in [6, 6.07) is 8.79. The molecule has 2 N–H and O–H groups in total. The lowest BCUT2D eigenvalue weighted by Crippen LogP contribution is -2.19. The highest BCUT2D eigenvalue weighted by atomic mass is 79.9. The molecule has 126 valence electrons. The lowest BCUT2D eigenvalue weighted by Gasteiger charge is -2.08. The number of nitrogens with one attached hydrogen (secondary N) is 1. The van der Waals surface area contributed by atoms with Gasteiger partial charge in [-0.15, -0.1) is 0 Å². The first-order valence-corrected chi connectivity index (χ1v) is 8.00. The van der Waals surface area contributed by atoms with Crippen LogP contribution in [0, 0.1) is 5.82 Å². The molecule has 5 nitrogen and oxygen atoms in total. The molecule has 0 bridgehead atoms. The van der Waals surface area contributed by atoms with Crippen LogP contribution in [0.3, 0.4) is 0 Å². The maximum Gasteiger partial charge on any atom is 0.244 e. The molecule has 0 radical (unpaired) electrons. The summed E-state index contributed by atoms with van der Waals surface area (Å²) in [4.78, 5) is 11.8. The van der Waals surface area contributed by atoms with Crippen molar-refractivity contribution in [3.63, 3.8) is 0 Å². The molecule has 0 aliphatic carbocycles. The molecule has 0 heterocycles. The summed E-state index contributed by atoms with van der Waals surface area (Å²) in [6.45, 7) is 2.23. The summed E-state index contributed by atoms with van der Waals surface area (Å²) < 4.78 is 18.7. The zero-order valence-corrected chi connectivity index (χ0v) is 14.5. The number of benzene rings is 2. The number of aromatic hydroxyl groups is 1. The summed E-state index contributed by atoms with van der Waals surface area (Å²) in [7, 11) is 0. The van der Waals surface area contributed by atoms with Gasteiger partial charge in [-0.05, 0) is 52.7 Å². The van der Waals surface area contributed by atoms with E-state index in [-0.39, 0.29) is 23.9 Å². The largest absolute Gasteiger partial charge is 0.504 e. The van der Waals surface area contributed by atoms with Gasteiger partial charge in [-0.3, -0.25) is 4.79 Å². The van der Waals surface area contributed by atoms with E-state index in [9.17, 15) is 14.3 Å². The maximum absolute atomic E-state index is 12.8. The van der Waals surface area contributed by atoms with Crippen molar-refractivity contribution in [3.8, 4) is 11.5 Å². The fourth-order valence-corrected chi connectivity index (χ4v) is 2.36. The van der Waals surface area contributed by atoms with E-state index in [1.54, 1.807) is 18.2 Å². The summed E-state index contributed by atoms with van der Waals surface area (Å²) in [5.74, 6) is -0.321. The normalized spacial score (nSPS) is 10.8. The second-order valence-corrected chi connectivity index (χ2v) is 5.73. The van der Waals surface area contributed by atoms with Crippen molar-refractivity contribution in [3.05, 3.63) is 57.8 Å². The third-order valence-electron chi connectivity index (χ3n) is 3.05. The molecule has 7 heteroatoms. The van der Waals surface area contributed by atoms with Gasteiger partial charge in [0, 0.05) is 10.0 Å². The molecular weight excluding hydrogens is 379 g/mol. The zero-order chi connectivity index (χ0) is 17.5. The van der Waals surface area contributed by atoms with E-state index in [0.29, 0.717) is 28.0 Å². The average Bonchev–Trinajstić information content (AvgIpc) is 2.54. The summed E-state index contributed by atoms with van der Waals surface area (Å²) in [5.41, 5.74) is 3.73. The first-order chi connectivity index (χ1) is 11.5. The third kappa shape index (κ3) is 5.06. The maximum atomic E-state index is 12.8. The van der Waals surface area contributed by atoms with E-state index in [1.165, 1.54) is 24.4 Å². The number of hydrazone groups is 1. The Hall–Kier alpha value is -2.41. The van der Waals surface area contributed by atoms with E-state index in [1.807, 2.05) is 6.92 Å². The van der Waals surface area contributed by atoms with E-state index < -0.39 is 0 Å². The molecule has 0 fully saturated rings. The Kier molecular flexibility index (Phi) is 6.31. The number of carbonyl (C=O) groups excluding carboxylic acids is 1. The number of hydrogen-bond acceptors (Lipinski definition) is 4. The molecule has 2 aromatic rings. The smallest absolute Gasteiger partial charge is 0.244 e. The molecule has 24 heavy (non-hydrogen) atoms. The first kappa shape index (κ1) is 17.9. The van der Waals surface area contributed by atoms with Gasteiger partial charge in [0.05, 0.1) is 19.2 Å². The summed E-state index contributed by atoms with van der Waals surface area (Å²) in [6.07, 6.45) is 1.53. The van der Waals surface area contributed by atoms with E-state index in [4.69, 9.17) is 4.74 Å². The van der Waals surface area contributed by atoms with Crippen LogP contribution in [0.2, 0.25) is 0 Å². The highest BCUT2D eigenvalue weighted by Gasteiger charge is 2.07. The van der Waals surface area contributed by atoms with Crippen molar-refractivity contribution in [2.75, 3.05) is 6.61 Å². The van der Waals surface area contributed by atoms with Crippen molar-refractivity contribution < 1.29 is 19.0 Å². The van der Waals surface area contributed by atoms with Crippen LogP contribution >= 0.6 is 15.9 Å². The fourth-order valence-electron chi connectivity index (χ4n) is 1.93. The number of rotatable bonds is 6. The standard InChI is InChI=1S/C17H16BrFN2O3/c1-2-24-16-8-12(14(18)9-15(16)22)10-20-21-17(23)7-11-3-5-13(19)6-4-11/h3-6,8-10,22H,2,7H2,1H3,(H,21,23)/b20-10+. The SMILES string of the molecule is CCOc1cc(/C=N/NC(=O)Cc2ccc(F)cc2)c(Br)cc1O. The minimum atomic E-state index is -0.348. The average molecular weight is 395 g/mol. The van der Waals surface area contributed by atoms with Crippen molar-refractivity contribution >= 4 is 28.1 Å². The van der Waals surface area contributed by atoms with Gasteiger partial charge in [-0.25, -0.2) is 9.82 Å². The predicted octanol–water partition coefficient (Wildman–Crippen LogP) is 3.39. The molecule has 0 atom stereocenters. The zero-order valence-electron chi connectivity index (χ0n) is 12.9. The number of ether oxygens (including phenoxy) is 1. The highest BCUT2D eigenvalue weighted by Crippen LogP contribution is 2.31. The number of halogens is 2. The second-order valence-electron chi connectivity index (χ2n) is 4.87. The monoisotopic (exact) mass is 394 g/mol. The fraction of sp³-hybridized carbons (Fsp3) is 0.176. The van der Waals surface area contributed by atoms with Crippen LogP contribution in [0.5, 0.6) is 11.5 Å². The van der Waals surface area contributed by atoms with Gasteiger partial charge in [-0.1, -0.05) is 12.1 Å². The Morgan fingerprint density at radius 1 is 1.38 bits per heavy atom. The van der Waals surface area contributed by atoms with Gasteiger partial charge in [0.2, 0.25) is 5.91 Å². The van der Waals surface area contributed by atoms with Crippen LogP contribution in [-0.4, -0.2) is 23.8 Å². The van der Waals surface area contributed by atoms with Gasteiger partial charge >= 0.3 is 0 Å². The molecule has 0 aliphatic rings. The van der Waals surface area contributed by atoms with Gasteiger partial charge in [0.15, 0.2) is 11.5 Å². The van der Waals surface area contributed by atoms with Crippen molar-refractivity contribution in [1.82, 2.24) is 5.43 Å². The van der Waals surface area contributed by atoms with Crippen LogP contribution in [0.15, 0.2) is 46.0 Å². The van der Waals surface area contributed by atoms with Gasteiger partial charge in [0.25, 0.3) is 0 Å². The Labute approximate surface area is 147 Å². The van der Waals surface area contributed by atoms with Crippen LogP contribution < -0.4 is 10.2 Å². The molecule has 0 unspecified atom stereocenters. The highest BCUT2D eigenvalue weighted by molar-refractivity contribution is 9.10. The second kappa shape index (κ2) is 8.44. The molecule has 2 aromatic carbocycles. The molecule has 0 saturated carbocycles. The Bertz CT molecular complexity index is 748. The third-order valence-corrected chi connectivity index (χ3v) is 3.74. The Morgan fingerprint density at radius 2 is 2.08 bits per heavy atom. The first-order valence-electron chi connectivity index (χ1n) is 7.21. The van der Waals surface area contributed by atoms with Crippen molar-refractivity contribution in [2.45, 2.75) is 13.3 Å². The predicted molar refractivity (Wildman–Crippen MR) is 92.8 cm³/mol. The summed E-state index contributed by atoms with van der Waals surface area (Å²) in [5, 5.41) is 13.6. The molecule has 0 saturated heterocycles. The van der Waals surface area contributed by atoms with Crippen LogP contribution in [0.25, 0.3) is 0 Å². The molecule has 0 spiro atoms. The molecule has 0 aromatic heterocycles. The van der Waals surface area contributed by atoms with Crippen LogP contribution in [0.1, 0.15) is 18.1 Å². The summed E-state index contributed by atoms with van der Waals surface area (Å²) >= 11 is 3.31. The molecule has 0 aliphatic heterocycles. The number of phenols is 1. The van der Waals surface area contributed by atoms with E-state index in [0.717, 1.165) is 0 Å². The minimum Gasteiger partial charge on any atom is -0.504 e. The van der Waals surface area contributed by atoms with E-state index >= 15 is 0 Å². The van der Waals surface area contributed by atoms with Gasteiger partial charge in [-0.2, -0.15) is 5.10 Å². The number of nitrogens with zero attached hydrogens (tertiary/aromatic N) is 1. The Balaban J connectivity index is 1.99. The van der Waals surface area contributed by atoms with E-state index in [2.05, 4.69) is 26.5 Å². The van der Waals surface area contributed by atoms with Gasteiger partial charge < -0.3 is 9.84 Å². The number of carbonyl (C=O) groups is 1. The number of phenolic OH excluding ortho intramolecular Hbond substituents is 1. The van der Waals surface area contributed by atoms with Crippen molar-refractivity contribution in [2.24, 2.45) is 5.10 Å². The van der Waals surface area contributed by atoms with Crippen LogP contribution in [0.4, 0.5) is 4.39 Å². The lowest BCUT2D eigenvalue weighted by atomic mass is 10.1. The quantitative estimate of drug-likeness (QED) is 0.582. The van der Waals surface area contributed by atoms with Crippen LogP contribution in [-0.2, 0) is 11.2 Å². The molecule has 2 rings (SSSR count). The molecule has 1 amide bonds.